The van der Waals surface area contributed by atoms with E-state index in [9.17, 15) is 0 Å². The topological polar surface area (TPSA) is 22.3 Å². The maximum Gasteiger partial charge on any atom is 0.197 e. The Labute approximate surface area is 455 Å². The van der Waals surface area contributed by atoms with Gasteiger partial charge < -0.3 is 14.8 Å². The number of aryl methyl sites for hydroxylation is 1. The number of fused-ring (bicyclic) bond motifs is 9. The highest BCUT2D eigenvalue weighted by molar-refractivity contribution is 6.74. The Bertz CT molecular complexity index is 3970. The van der Waals surface area contributed by atoms with Gasteiger partial charge in [0.2, 0.25) is 0 Å². The van der Waals surface area contributed by atoms with Gasteiger partial charge in [-0.15, -0.1) is 0 Å². The largest absolute Gasteiger partial charge is 0.354 e. The fourth-order valence-electron chi connectivity index (χ4n) is 20.3. The van der Waals surface area contributed by atoms with Gasteiger partial charge in [-0.3, -0.25) is 0 Å². The van der Waals surface area contributed by atoms with Crippen molar-refractivity contribution in [3.8, 4) is 11.1 Å². The van der Waals surface area contributed by atoms with Crippen molar-refractivity contribution in [2.24, 2.45) is 40.9 Å². The summed E-state index contributed by atoms with van der Waals surface area (Å²) in [5.41, 5.74) is 24.1. The third-order valence-corrected chi connectivity index (χ3v) is 24.0. The van der Waals surface area contributed by atoms with Gasteiger partial charge in [-0.2, -0.15) is 0 Å². The lowest BCUT2D eigenvalue weighted by Crippen LogP contribution is -2.61. The fraction of sp³-hybridized carbons (Fsp3) is 0.370. The lowest BCUT2D eigenvalue weighted by atomic mass is 9.38. The van der Waals surface area contributed by atoms with E-state index < -0.39 is 0 Å². The van der Waals surface area contributed by atoms with Crippen LogP contribution in [0.5, 0.6) is 0 Å². The van der Waals surface area contributed by atoms with Gasteiger partial charge >= 0.3 is 0 Å². The first kappa shape index (κ1) is 44.5. The molecule has 8 aromatic carbocycles. The molecule has 9 aromatic rings. The van der Waals surface area contributed by atoms with E-state index in [4.69, 9.17) is 0 Å². The second-order valence-electron chi connectivity index (χ2n) is 28.0. The van der Waals surface area contributed by atoms with Gasteiger partial charge in [-0.05, 0) is 246 Å². The van der Waals surface area contributed by atoms with Crippen LogP contribution in [0.4, 0.5) is 34.1 Å². The summed E-state index contributed by atoms with van der Waals surface area (Å²) < 4.78 is 0. The molecule has 77 heavy (non-hydrogen) atoms. The quantitative estimate of drug-likeness (QED) is 0.161. The number of rotatable bonds is 7. The number of aromatic amines is 1. The van der Waals surface area contributed by atoms with E-state index in [-0.39, 0.29) is 16.2 Å². The van der Waals surface area contributed by atoms with Crippen molar-refractivity contribution in [2.45, 2.75) is 127 Å². The molecule has 7 fully saturated rings. The Balaban J connectivity index is 0.949. The summed E-state index contributed by atoms with van der Waals surface area (Å²) in [5.74, 6) is 5.40. The summed E-state index contributed by atoms with van der Waals surface area (Å²) in [7, 11) is 2.58. The second-order valence-corrected chi connectivity index (χ2v) is 28.0. The van der Waals surface area contributed by atoms with E-state index in [1.54, 1.807) is 11.1 Å². The molecule has 8 aliphatic carbocycles. The predicted molar refractivity (Wildman–Crippen MR) is 321 cm³/mol. The highest BCUT2D eigenvalue weighted by atomic mass is 15.2. The maximum atomic E-state index is 4.26. The molecule has 2 heterocycles. The number of nitrogens with one attached hydrogen (secondary N) is 1. The molecule has 379 valence electrons. The predicted octanol–water partition coefficient (Wildman–Crippen LogP) is 17.5. The zero-order valence-corrected chi connectivity index (χ0v) is 45.6. The third-order valence-electron chi connectivity index (χ3n) is 24.0. The lowest BCUT2D eigenvalue weighted by Gasteiger charge is -2.66. The Morgan fingerprint density at radius 2 is 1.21 bits per heavy atom. The Hall–Kier alpha value is -6.52. The zero-order valence-electron chi connectivity index (χ0n) is 45.6. The standard InChI is InChI=1S/C73H69BN3/c1-42-28-60-61(70(4,5)27-26-69(60,2)3)38-64(42)77-65-37-54(76(52-15-8-6-9-16-52)53-17-10-7-11-18-53)36-57(66(65)74-62-24-20-43-14-12-13-19-55(43)68(62)77)59-35-47(71-39-50-31-48-32-51(40-71)72(48,50)41-71)34-58-56-33-46(23-25-63(56)75-67(58)59)73-44-21-22-45(73)30-49(73)29-44/h6-20,23-25,28,33-38,44-45,48-51,75H,21-22,26-27,29-32,39-41H2,1-5H3. The first-order chi connectivity index (χ1) is 37.4. The molecule has 4 heteroatoms. The molecule has 1 N–H and O–H groups in total. The summed E-state index contributed by atoms with van der Waals surface area (Å²) in [4.78, 5) is 9.50. The molecule has 7 saturated carbocycles. The summed E-state index contributed by atoms with van der Waals surface area (Å²) >= 11 is 0. The number of benzene rings is 8. The smallest absolute Gasteiger partial charge is 0.197 e. The molecule has 1 radical (unpaired) electrons. The van der Waals surface area contributed by atoms with Crippen LogP contribution in [0.3, 0.4) is 0 Å². The van der Waals surface area contributed by atoms with Crippen molar-refractivity contribution in [2.75, 3.05) is 9.80 Å². The Kier molecular flexibility index (Phi) is 8.54. The van der Waals surface area contributed by atoms with Crippen molar-refractivity contribution in [3.63, 3.8) is 0 Å². The van der Waals surface area contributed by atoms with E-state index in [0.717, 1.165) is 46.9 Å². The minimum atomic E-state index is 0.0431. The van der Waals surface area contributed by atoms with Gasteiger partial charge in [0, 0.05) is 66.8 Å². The molecular weight excluding hydrogens is 930 g/mol. The van der Waals surface area contributed by atoms with Gasteiger partial charge in [-0.25, -0.2) is 0 Å². The second kappa shape index (κ2) is 14.8. The summed E-state index contributed by atoms with van der Waals surface area (Å²) in [6.07, 6.45) is 15.2. The minimum absolute atomic E-state index is 0.0431. The van der Waals surface area contributed by atoms with Crippen molar-refractivity contribution < 1.29 is 0 Å². The van der Waals surface area contributed by atoms with Gasteiger partial charge in [0.15, 0.2) is 7.28 Å². The van der Waals surface area contributed by atoms with Crippen LogP contribution in [0.25, 0.3) is 43.7 Å². The zero-order chi connectivity index (χ0) is 51.1. The number of aromatic nitrogens is 1. The van der Waals surface area contributed by atoms with E-state index in [1.165, 1.54) is 165 Å². The number of H-pyrrole nitrogens is 1. The van der Waals surface area contributed by atoms with Crippen molar-refractivity contribution in [1.82, 2.24) is 4.98 Å². The van der Waals surface area contributed by atoms with Crippen LogP contribution < -0.4 is 20.7 Å². The van der Waals surface area contributed by atoms with Crippen molar-refractivity contribution >= 4 is 84.9 Å². The van der Waals surface area contributed by atoms with Gasteiger partial charge in [0.05, 0.1) is 5.52 Å². The highest BCUT2D eigenvalue weighted by Gasteiger charge is 2.77. The van der Waals surface area contributed by atoms with Crippen molar-refractivity contribution in [3.05, 3.63) is 179 Å². The summed E-state index contributed by atoms with van der Waals surface area (Å²) in [6.45, 7) is 12.3. The van der Waals surface area contributed by atoms with Gasteiger partial charge in [0.25, 0.3) is 0 Å². The van der Waals surface area contributed by atoms with Gasteiger partial charge in [-0.1, -0.05) is 118 Å². The highest BCUT2D eigenvalue weighted by Crippen LogP contribution is 2.84. The number of hydrogen-bond acceptors (Lipinski definition) is 2. The van der Waals surface area contributed by atoms with E-state index in [1.807, 2.05) is 0 Å². The SMILES string of the molecule is Cc1cc2c(cc1N1c3cc(N(c4ccccc4)c4ccccc4)cc(-c4cc(C56CC7CC8CC(C5)C87C6)cc5c4[nH]c4ccc(C67C8CCC6CC7C8)cc45)c3[B]c3ccc4ccccc4c31)C(C)(C)CCC2(C)C. The molecule has 1 aromatic heterocycles. The number of hydrogen-bond donors (Lipinski definition) is 1. The molecule has 0 saturated heterocycles. The lowest BCUT2D eigenvalue weighted by molar-refractivity contribution is -0.175. The summed E-state index contributed by atoms with van der Waals surface area (Å²) in [6, 6.07) is 59.8. The molecule has 1 spiro atoms. The van der Waals surface area contributed by atoms with Crippen LogP contribution in [0.15, 0.2) is 152 Å². The maximum absolute atomic E-state index is 4.26. The average Bonchev–Trinajstić information content (AvgIpc) is 2.26. The van der Waals surface area contributed by atoms with Crippen LogP contribution in [-0.2, 0) is 21.7 Å². The Morgan fingerprint density at radius 3 is 1.90 bits per heavy atom. The molecule has 1 aliphatic heterocycles. The third kappa shape index (κ3) is 5.56. The summed E-state index contributed by atoms with van der Waals surface area (Å²) in [5, 5.41) is 5.43. The first-order valence-corrected chi connectivity index (χ1v) is 29.9. The average molecular weight is 999 g/mol. The molecule has 3 nitrogen and oxygen atoms in total. The normalized spacial score (nSPS) is 30.5. The Morgan fingerprint density at radius 1 is 0.545 bits per heavy atom. The van der Waals surface area contributed by atoms with Crippen LogP contribution in [0, 0.1) is 47.8 Å². The molecule has 9 aliphatic rings. The van der Waals surface area contributed by atoms with Crippen LogP contribution >= 0.6 is 0 Å². The molecule has 0 amide bonds. The van der Waals surface area contributed by atoms with Crippen molar-refractivity contribution in [1.29, 1.82) is 0 Å². The number of anilines is 6. The minimum Gasteiger partial charge on any atom is -0.354 e. The molecule has 18 rings (SSSR count). The van der Waals surface area contributed by atoms with Crippen LogP contribution in [0.2, 0.25) is 0 Å². The van der Waals surface area contributed by atoms with Gasteiger partial charge in [0.1, 0.15) is 0 Å². The first-order valence-electron chi connectivity index (χ1n) is 29.9. The van der Waals surface area contributed by atoms with E-state index in [2.05, 4.69) is 208 Å². The number of nitrogens with zero attached hydrogens (tertiary/aromatic N) is 2. The number of para-hydroxylation sites is 2. The van der Waals surface area contributed by atoms with Crippen LogP contribution in [-0.4, -0.2) is 12.3 Å². The molecule has 4 unspecified atom stereocenters. The van der Waals surface area contributed by atoms with Crippen LogP contribution in [0.1, 0.15) is 126 Å². The molecule has 2 bridgehead atoms. The molecule has 4 atom stereocenters. The fourth-order valence-corrected chi connectivity index (χ4v) is 20.3. The molecular formula is C73H69BN3. The van der Waals surface area contributed by atoms with E-state index >= 15 is 0 Å². The van der Waals surface area contributed by atoms with E-state index in [0.29, 0.717) is 10.8 Å². The monoisotopic (exact) mass is 999 g/mol.